The molecule has 0 spiro atoms. The van der Waals surface area contributed by atoms with Crippen molar-refractivity contribution < 1.29 is 9.32 Å². The standard InChI is InChI=1S/C19H20N4O2S/c1-11(2)18-21-22-19(26-18)13-8-14(9-13)20-17(24)15-10-16(25-23-15)12-6-4-3-5-7-12/h3-7,10-11,13-14H,8-9H2,1-2H3,(H,20,24)/t13-,14+. The molecule has 7 heteroatoms. The van der Waals surface area contributed by atoms with E-state index in [2.05, 4.69) is 34.5 Å². The summed E-state index contributed by atoms with van der Waals surface area (Å²) in [6, 6.07) is 11.5. The summed E-state index contributed by atoms with van der Waals surface area (Å²) in [5.41, 5.74) is 1.21. The number of benzene rings is 1. The molecular formula is C19H20N4O2S. The Morgan fingerprint density at radius 2 is 2.00 bits per heavy atom. The quantitative estimate of drug-likeness (QED) is 0.736. The lowest BCUT2D eigenvalue weighted by Crippen LogP contribution is -2.43. The van der Waals surface area contributed by atoms with Crippen molar-refractivity contribution in [3.63, 3.8) is 0 Å². The lowest BCUT2D eigenvalue weighted by molar-refractivity contribution is 0.0899. The van der Waals surface area contributed by atoms with Crippen LogP contribution in [-0.2, 0) is 0 Å². The summed E-state index contributed by atoms with van der Waals surface area (Å²) in [6.07, 6.45) is 1.78. The van der Waals surface area contributed by atoms with Gasteiger partial charge in [0.15, 0.2) is 11.5 Å². The van der Waals surface area contributed by atoms with Gasteiger partial charge in [-0.25, -0.2) is 0 Å². The fraction of sp³-hybridized carbons (Fsp3) is 0.368. The molecule has 6 nitrogen and oxygen atoms in total. The average Bonchev–Trinajstić information content (AvgIpc) is 3.28. The molecule has 2 heterocycles. The summed E-state index contributed by atoms with van der Waals surface area (Å²) in [4.78, 5) is 12.4. The Bertz CT molecular complexity index is 897. The van der Waals surface area contributed by atoms with Crippen LogP contribution in [0.4, 0.5) is 0 Å². The van der Waals surface area contributed by atoms with E-state index in [-0.39, 0.29) is 11.9 Å². The number of aromatic nitrogens is 3. The van der Waals surface area contributed by atoms with Gasteiger partial charge in [0.25, 0.3) is 5.91 Å². The minimum Gasteiger partial charge on any atom is -0.355 e. The maximum absolute atomic E-state index is 12.4. The van der Waals surface area contributed by atoms with Gasteiger partial charge < -0.3 is 9.84 Å². The molecule has 1 amide bonds. The largest absolute Gasteiger partial charge is 0.355 e. The van der Waals surface area contributed by atoms with Crippen LogP contribution in [0.15, 0.2) is 40.9 Å². The maximum atomic E-state index is 12.4. The number of amides is 1. The van der Waals surface area contributed by atoms with Crippen molar-refractivity contribution in [1.29, 1.82) is 0 Å². The van der Waals surface area contributed by atoms with E-state index < -0.39 is 0 Å². The maximum Gasteiger partial charge on any atom is 0.273 e. The van der Waals surface area contributed by atoms with Gasteiger partial charge in [-0.15, -0.1) is 21.5 Å². The third-order valence-corrected chi connectivity index (χ3v) is 5.96. The first kappa shape index (κ1) is 16.9. The Morgan fingerprint density at radius 3 is 2.69 bits per heavy atom. The third kappa shape index (κ3) is 3.39. The minimum absolute atomic E-state index is 0.149. The molecule has 0 bridgehead atoms. The van der Waals surface area contributed by atoms with Gasteiger partial charge in [-0.05, 0) is 12.8 Å². The highest BCUT2D eigenvalue weighted by atomic mass is 32.1. The van der Waals surface area contributed by atoms with Crippen LogP contribution in [0.5, 0.6) is 0 Å². The first-order valence-electron chi connectivity index (χ1n) is 8.76. The first-order valence-corrected chi connectivity index (χ1v) is 9.58. The lowest BCUT2D eigenvalue weighted by atomic mass is 9.80. The van der Waals surface area contributed by atoms with E-state index in [1.165, 1.54) is 0 Å². The van der Waals surface area contributed by atoms with Crippen LogP contribution in [0.25, 0.3) is 11.3 Å². The minimum atomic E-state index is -0.195. The molecule has 3 aromatic rings. The van der Waals surface area contributed by atoms with E-state index in [4.69, 9.17) is 4.52 Å². The van der Waals surface area contributed by atoms with E-state index in [0.29, 0.717) is 23.3 Å². The SMILES string of the molecule is CC(C)c1nnc([C@H]2C[C@@H](NC(=O)c3cc(-c4ccccc4)on3)C2)s1. The van der Waals surface area contributed by atoms with Crippen LogP contribution in [0, 0.1) is 0 Å². The van der Waals surface area contributed by atoms with Crippen molar-refractivity contribution in [2.75, 3.05) is 0 Å². The Kier molecular flexibility index (Phi) is 4.55. The van der Waals surface area contributed by atoms with E-state index in [0.717, 1.165) is 28.4 Å². The summed E-state index contributed by atoms with van der Waals surface area (Å²) in [5.74, 6) is 1.20. The number of nitrogens with one attached hydrogen (secondary N) is 1. The van der Waals surface area contributed by atoms with Gasteiger partial charge in [0.05, 0.1) is 0 Å². The summed E-state index contributed by atoms with van der Waals surface area (Å²) in [6.45, 7) is 4.24. The third-order valence-electron chi connectivity index (χ3n) is 4.57. The number of nitrogens with zero attached hydrogens (tertiary/aromatic N) is 3. The first-order chi connectivity index (χ1) is 12.6. The van der Waals surface area contributed by atoms with Gasteiger partial charge in [-0.3, -0.25) is 4.79 Å². The van der Waals surface area contributed by atoms with Crippen LogP contribution in [-0.4, -0.2) is 27.3 Å². The normalized spacial score (nSPS) is 19.3. The molecule has 26 heavy (non-hydrogen) atoms. The molecule has 0 saturated heterocycles. The highest BCUT2D eigenvalue weighted by molar-refractivity contribution is 7.11. The van der Waals surface area contributed by atoms with Gasteiger partial charge in [-0.2, -0.15) is 0 Å². The van der Waals surface area contributed by atoms with Gasteiger partial charge in [0.2, 0.25) is 0 Å². The van der Waals surface area contributed by atoms with E-state index in [1.807, 2.05) is 30.3 Å². The summed E-state index contributed by atoms with van der Waals surface area (Å²) in [7, 11) is 0. The van der Waals surface area contributed by atoms with Crippen LogP contribution >= 0.6 is 11.3 Å². The molecule has 134 valence electrons. The molecule has 0 radical (unpaired) electrons. The fourth-order valence-corrected chi connectivity index (χ4v) is 3.93. The molecule has 1 aliphatic carbocycles. The molecule has 0 aliphatic heterocycles. The Balaban J connectivity index is 1.33. The van der Waals surface area contributed by atoms with Crippen molar-refractivity contribution in [3.8, 4) is 11.3 Å². The van der Waals surface area contributed by atoms with Crippen molar-refractivity contribution in [3.05, 3.63) is 52.1 Å². The van der Waals surface area contributed by atoms with Gasteiger partial charge in [0, 0.05) is 29.5 Å². The summed E-state index contributed by atoms with van der Waals surface area (Å²) >= 11 is 1.68. The highest BCUT2D eigenvalue weighted by Crippen LogP contribution is 2.39. The second-order valence-corrected chi connectivity index (χ2v) is 7.96. The van der Waals surface area contributed by atoms with Crippen LogP contribution in [0.1, 0.15) is 59.0 Å². The Hall–Kier alpha value is -2.54. The van der Waals surface area contributed by atoms with Gasteiger partial charge in [0.1, 0.15) is 10.0 Å². The van der Waals surface area contributed by atoms with Crippen molar-refractivity contribution in [1.82, 2.24) is 20.7 Å². The molecule has 1 aliphatic rings. The van der Waals surface area contributed by atoms with E-state index in [9.17, 15) is 4.79 Å². The highest BCUT2D eigenvalue weighted by Gasteiger charge is 2.34. The molecule has 1 fully saturated rings. The molecule has 4 rings (SSSR count). The predicted molar refractivity (Wildman–Crippen MR) is 99.2 cm³/mol. The van der Waals surface area contributed by atoms with Crippen molar-refractivity contribution in [2.24, 2.45) is 0 Å². The number of hydrogen-bond donors (Lipinski definition) is 1. The van der Waals surface area contributed by atoms with Crippen LogP contribution < -0.4 is 5.32 Å². The van der Waals surface area contributed by atoms with E-state index >= 15 is 0 Å². The van der Waals surface area contributed by atoms with Crippen LogP contribution in [0.3, 0.4) is 0 Å². The second kappa shape index (κ2) is 6.99. The Labute approximate surface area is 155 Å². The molecule has 0 atom stereocenters. The number of carbonyl (C=O) groups excluding carboxylic acids is 1. The fourth-order valence-electron chi connectivity index (χ4n) is 2.96. The van der Waals surface area contributed by atoms with Gasteiger partial charge >= 0.3 is 0 Å². The van der Waals surface area contributed by atoms with Crippen LogP contribution in [0.2, 0.25) is 0 Å². The molecule has 2 aromatic heterocycles. The lowest BCUT2D eigenvalue weighted by Gasteiger charge is -2.33. The van der Waals surface area contributed by atoms with E-state index in [1.54, 1.807) is 17.4 Å². The number of rotatable bonds is 5. The average molecular weight is 368 g/mol. The molecule has 1 saturated carbocycles. The van der Waals surface area contributed by atoms with Gasteiger partial charge in [-0.1, -0.05) is 49.3 Å². The predicted octanol–water partition coefficient (Wildman–Crippen LogP) is 3.99. The molecule has 1 aromatic carbocycles. The zero-order valence-electron chi connectivity index (χ0n) is 14.7. The summed E-state index contributed by atoms with van der Waals surface area (Å²) in [5, 5.41) is 17.6. The molecule has 1 N–H and O–H groups in total. The monoisotopic (exact) mass is 368 g/mol. The molecular weight excluding hydrogens is 348 g/mol. The van der Waals surface area contributed by atoms with Crippen molar-refractivity contribution >= 4 is 17.2 Å². The smallest absolute Gasteiger partial charge is 0.273 e. The van der Waals surface area contributed by atoms with Crippen molar-refractivity contribution in [2.45, 2.75) is 44.6 Å². The molecule has 0 unspecified atom stereocenters. The zero-order chi connectivity index (χ0) is 18.1. The second-order valence-electron chi connectivity index (χ2n) is 6.91. The Morgan fingerprint density at radius 1 is 1.23 bits per heavy atom. The number of hydrogen-bond acceptors (Lipinski definition) is 6. The topological polar surface area (TPSA) is 80.9 Å². The number of carbonyl (C=O) groups is 1. The zero-order valence-corrected chi connectivity index (χ0v) is 15.5. The summed E-state index contributed by atoms with van der Waals surface area (Å²) < 4.78 is 5.29.